The van der Waals surface area contributed by atoms with Crippen LogP contribution in [0.4, 0.5) is 19.3 Å². The van der Waals surface area contributed by atoms with Crippen LogP contribution in [-0.2, 0) is 53.9 Å². The summed E-state index contributed by atoms with van der Waals surface area (Å²) in [6.45, 7) is 10.0. The fourth-order valence-corrected chi connectivity index (χ4v) is 15.8. The summed E-state index contributed by atoms with van der Waals surface area (Å²) in [6.07, 6.45) is 11.3. The van der Waals surface area contributed by atoms with Gasteiger partial charge < -0.3 is 51.0 Å². The minimum Gasteiger partial charge on any atom is -0.449 e. The minimum atomic E-state index is -3.92. The van der Waals surface area contributed by atoms with Gasteiger partial charge in [0.15, 0.2) is 17.1 Å². The molecule has 3 saturated carbocycles. The quantitative estimate of drug-likeness (QED) is 0.0164. The molecule has 5 amide bonds. The molecule has 18 nitrogen and oxygen atoms in total. The minimum absolute atomic E-state index is 0.00969. The second-order valence-corrected chi connectivity index (χ2v) is 27.4. The van der Waals surface area contributed by atoms with Crippen LogP contribution >= 0.6 is 19.4 Å². The van der Waals surface area contributed by atoms with Gasteiger partial charge in [0.1, 0.15) is 31.0 Å². The molecule has 5 aliphatic carbocycles. The van der Waals surface area contributed by atoms with E-state index in [-0.39, 0.29) is 74.3 Å². The summed E-state index contributed by atoms with van der Waals surface area (Å²) in [5.41, 5.74) is -0.532. The fraction of sp³-hybridized carbons (Fsp3) is 0.694. The van der Waals surface area contributed by atoms with Gasteiger partial charge in [0.2, 0.25) is 22.8 Å². The van der Waals surface area contributed by atoms with Gasteiger partial charge in [-0.1, -0.05) is 115 Å². The van der Waals surface area contributed by atoms with Crippen molar-refractivity contribution in [3.63, 3.8) is 0 Å². The van der Waals surface area contributed by atoms with Crippen molar-refractivity contribution < 1.29 is 70.9 Å². The first kappa shape index (κ1) is 68.1. The number of carbonyl (C=O) groups excluding carboxylic acids is 7. The molecule has 3 fully saturated rings. The van der Waals surface area contributed by atoms with Crippen molar-refractivity contribution in [3.8, 4) is 11.8 Å². The SMILES string of the molecule is CCC(=O)O[C@]1(C(=O)SCCCCCCCCCCP(=O)(O)OCc2ccc(NC(=O)C(CCCNC(N)=O)NC(=O)C(NC(=O)COC3C#CCCCCC3)C(C)C)cc2)[C@H](C)C[C@H]2[C@@H]3C[C@H](F)C4=CC(=O)C=C[C@]4(C)[C@@]3(F)[C@@H](O)C[C@@]21C. The number of aliphatic hydroxyl groups excluding tert-OH is 1. The molecule has 6 rings (SSSR count). The number of anilines is 1. The Kier molecular flexibility index (Phi) is 24.8. The van der Waals surface area contributed by atoms with Crippen LogP contribution in [0.15, 0.2) is 48.1 Å². The lowest BCUT2D eigenvalue weighted by Gasteiger charge is -2.63. The number of esters is 1. The van der Waals surface area contributed by atoms with Gasteiger partial charge in [0.05, 0.1) is 12.7 Å². The number of unbranched alkanes of at least 4 members (excludes halogenated alkanes) is 7. The Labute approximate surface area is 498 Å². The van der Waals surface area contributed by atoms with Gasteiger partial charge in [0.25, 0.3) is 0 Å². The maximum atomic E-state index is 17.8. The molecule has 8 N–H and O–H groups in total. The third-order valence-electron chi connectivity index (χ3n) is 18.1. The van der Waals surface area contributed by atoms with Gasteiger partial charge in [0, 0.05) is 59.7 Å². The Morgan fingerprint density at radius 2 is 1.62 bits per heavy atom. The molecule has 84 heavy (non-hydrogen) atoms. The Morgan fingerprint density at radius 1 is 0.929 bits per heavy atom. The molecule has 0 heterocycles. The number of hydrogen-bond acceptors (Lipinski definition) is 13. The number of rotatable bonds is 30. The third-order valence-corrected chi connectivity index (χ3v) is 20.5. The predicted octanol–water partition coefficient (Wildman–Crippen LogP) is 9.39. The number of carbonyl (C=O) groups is 7. The van der Waals surface area contributed by atoms with E-state index in [4.69, 9.17) is 19.7 Å². The Bertz CT molecular complexity index is 2690. The lowest BCUT2D eigenvalue weighted by Crippen LogP contribution is -2.70. The number of hydrogen-bond donors (Lipinski definition) is 7. The number of nitrogens with one attached hydrogen (secondary N) is 4. The highest BCUT2D eigenvalue weighted by Gasteiger charge is 2.78. The van der Waals surface area contributed by atoms with Crippen molar-refractivity contribution >= 4 is 65.7 Å². The number of ketones is 1. The van der Waals surface area contributed by atoms with Crippen molar-refractivity contribution in [1.29, 1.82) is 0 Å². The molecule has 0 aliphatic heterocycles. The monoisotopic (exact) mass is 1210 g/mol. The number of amides is 5. The number of urea groups is 1. The third kappa shape index (κ3) is 16.5. The molecule has 4 unspecified atom stereocenters. The maximum Gasteiger partial charge on any atom is 0.328 e. The summed E-state index contributed by atoms with van der Waals surface area (Å²) in [5, 5.41) is 22.3. The summed E-state index contributed by atoms with van der Waals surface area (Å²) in [7, 11) is -3.92. The number of thioether (sulfide) groups is 1. The van der Waals surface area contributed by atoms with E-state index in [1.165, 1.54) is 19.1 Å². The average Bonchev–Trinajstić information content (AvgIpc) is 1.32. The Morgan fingerprint density at radius 3 is 2.30 bits per heavy atom. The van der Waals surface area contributed by atoms with E-state index in [2.05, 4.69) is 33.1 Å². The fourth-order valence-electron chi connectivity index (χ4n) is 13.4. The highest BCUT2D eigenvalue weighted by atomic mass is 32.2. The molecule has 0 radical (unpaired) electrons. The second-order valence-electron chi connectivity index (χ2n) is 24.3. The molecule has 22 heteroatoms. The van der Waals surface area contributed by atoms with Crippen LogP contribution in [0, 0.1) is 46.3 Å². The number of primary amides is 1. The van der Waals surface area contributed by atoms with E-state index in [1.54, 1.807) is 52.0 Å². The van der Waals surface area contributed by atoms with Crippen LogP contribution in [0.3, 0.4) is 0 Å². The lowest BCUT2D eigenvalue weighted by atomic mass is 9.44. The zero-order valence-corrected chi connectivity index (χ0v) is 51.5. The number of benzene rings is 1. The van der Waals surface area contributed by atoms with Crippen molar-refractivity contribution in [2.45, 2.75) is 212 Å². The number of nitrogens with two attached hydrogens (primary N) is 1. The number of halogens is 2. The summed E-state index contributed by atoms with van der Waals surface area (Å²) >= 11 is 1.09. The van der Waals surface area contributed by atoms with Gasteiger partial charge in [-0.3, -0.25) is 33.3 Å². The Hall–Kier alpha value is -4.97. The van der Waals surface area contributed by atoms with Crippen molar-refractivity contribution in [2.75, 3.05) is 30.4 Å². The first-order valence-corrected chi connectivity index (χ1v) is 33.0. The zero-order chi connectivity index (χ0) is 61.5. The highest BCUT2D eigenvalue weighted by Crippen LogP contribution is 2.72. The number of fused-ring (bicyclic) bond motifs is 5. The molecule has 0 spiro atoms. The van der Waals surface area contributed by atoms with E-state index < -0.39 is 107 Å². The lowest BCUT2D eigenvalue weighted by molar-refractivity contribution is -0.228. The van der Waals surface area contributed by atoms with Crippen LogP contribution in [0.1, 0.15) is 169 Å². The summed E-state index contributed by atoms with van der Waals surface area (Å²) < 4.78 is 64.3. The molecule has 13 atom stereocenters. The van der Waals surface area contributed by atoms with Crippen LogP contribution in [0.25, 0.3) is 0 Å². The maximum absolute atomic E-state index is 17.8. The van der Waals surface area contributed by atoms with Gasteiger partial charge in [-0.15, -0.1) is 5.92 Å². The number of aliphatic hydroxyl groups is 1. The van der Waals surface area contributed by atoms with E-state index in [1.807, 2.05) is 6.92 Å². The van der Waals surface area contributed by atoms with Crippen LogP contribution in [-0.4, -0.2) is 117 Å². The van der Waals surface area contributed by atoms with Gasteiger partial charge in [-0.25, -0.2) is 13.6 Å². The van der Waals surface area contributed by atoms with E-state index in [0.29, 0.717) is 42.7 Å². The van der Waals surface area contributed by atoms with Gasteiger partial charge in [-0.2, -0.15) is 0 Å². The average molecular weight is 1210 g/mol. The molecule has 1 aromatic rings. The van der Waals surface area contributed by atoms with Crippen molar-refractivity contribution in [1.82, 2.24) is 16.0 Å². The van der Waals surface area contributed by atoms with Gasteiger partial charge >= 0.3 is 19.6 Å². The Balaban J connectivity index is 0.897. The van der Waals surface area contributed by atoms with Crippen molar-refractivity contribution in [2.24, 2.45) is 40.2 Å². The molecule has 0 saturated heterocycles. The largest absolute Gasteiger partial charge is 0.449 e. The normalized spacial score (nSPS) is 29.4. The second kappa shape index (κ2) is 30.6. The topological polar surface area (TPSA) is 279 Å². The summed E-state index contributed by atoms with van der Waals surface area (Å²) in [5.74, 6) is 1.50. The zero-order valence-electron chi connectivity index (χ0n) is 49.8. The molecular formula is C62H90F2N5O13PS. The van der Waals surface area contributed by atoms with Crippen LogP contribution in [0.5, 0.6) is 0 Å². The molecule has 5 aliphatic rings. The first-order valence-electron chi connectivity index (χ1n) is 30.3. The number of alkyl halides is 2. The highest BCUT2D eigenvalue weighted by molar-refractivity contribution is 8.13. The van der Waals surface area contributed by atoms with Crippen LogP contribution < -0.4 is 27.0 Å². The first-order chi connectivity index (χ1) is 39.8. The van der Waals surface area contributed by atoms with E-state index in [9.17, 15) is 48.1 Å². The van der Waals surface area contributed by atoms with Gasteiger partial charge in [-0.05, 0) is 118 Å². The predicted molar refractivity (Wildman–Crippen MR) is 317 cm³/mol. The molecule has 0 bridgehead atoms. The van der Waals surface area contributed by atoms with E-state index >= 15 is 8.78 Å². The van der Waals surface area contributed by atoms with Crippen molar-refractivity contribution in [3.05, 3.63) is 53.6 Å². The summed E-state index contributed by atoms with van der Waals surface area (Å²) in [6, 6.07) is 3.72. The molecule has 466 valence electrons. The summed E-state index contributed by atoms with van der Waals surface area (Å²) in [4.78, 5) is 102. The molecule has 0 aromatic heterocycles. The standard InChI is InChI=1S/C62H90F2N5O13PS/c1-7-53(73)82-62(41(4)34-46-47-36-49(63)48-35-44(70)29-30-59(48,5)61(47,64)51(71)37-60(46,62)6)57(76)84-33-20-16-11-9-8-10-15-19-32-83(78,79)81-38-42-25-27-43(28-26-42)67-55(74)50(24-21-31-66-58(65)77)68-56(75)54(40(2)3)69-52(72)39-80-45-22-17-13-12-14-18-23-45/h25-30,35,40-41,45-47,49-51,54,71H,7-17,19-22,24,31-34,36-39H2,1-6H3,(H,67,74)(H,68,75)(H,69,72)(H,78,79)(H3,65,66,77)/t41-,45?,46+,47+,49+,50?,51+,54?,59+,60+,61+,62+/m1/s1. The van der Waals surface area contributed by atoms with E-state index in [0.717, 1.165) is 88.5 Å². The number of allylic oxidation sites excluding steroid dienone is 4. The smallest absolute Gasteiger partial charge is 0.328 e. The molecular weight excluding hydrogens is 1120 g/mol. The molecule has 1 aromatic carbocycles. The number of ether oxygens (including phenoxy) is 2. The van der Waals surface area contributed by atoms with Crippen LogP contribution in [0.2, 0.25) is 0 Å².